The van der Waals surface area contributed by atoms with Crippen molar-refractivity contribution >= 4 is 0 Å². The van der Waals surface area contributed by atoms with Crippen LogP contribution in [0.5, 0.6) is 0 Å². The van der Waals surface area contributed by atoms with Crippen molar-refractivity contribution in [2.75, 3.05) is 0 Å². The summed E-state index contributed by atoms with van der Waals surface area (Å²) in [6, 6.07) is 3.11. The average molecular weight is 303 g/mol. The minimum Gasteiger partial charge on any atom is -0.310 e. The second-order valence-corrected chi connectivity index (χ2v) is 6.18. The summed E-state index contributed by atoms with van der Waals surface area (Å²) < 4.78 is 51.8. The Balaban J connectivity index is 2.06. The predicted octanol–water partition coefficient (Wildman–Crippen LogP) is 4.76. The van der Waals surface area contributed by atoms with E-state index in [2.05, 4.69) is 19.2 Å². The van der Waals surface area contributed by atoms with E-state index in [1.807, 2.05) is 0 Å². The highest BCUT2D eigenvalue weighted by atomic mass is 19.4. The summed E-state index contributed by atoms with van der Waals surface area (Å²) in [7, 11) is 0. The first-order valence-electron chi connectivity index (χ1n) is 7.36. The molecule has 1 fully saturated rings. The lowest BCUT2D eigenvalue weighted by Crippen LogP contribution is -2.38. The van der Waals surface area contributed by atoms with Crippen LogP contribution in [-0.2, 0) is 12.7 Å². The Labute approximate surface area is 122 Å². The molecule has 3 unspecified atom stereocenters. The van der Waals surface area contributed by atoms with Crippen LogP contribution in [0.15, 0.2) is 18.2 Å². The minimum atomic E-state index is -4.52. The standard InChI is InChI=1S/C16H21F4N/c1-10-3-6-15(11(2)7-10)21-9-12-4-5-13(17)8-14(12)16(18,19)20/h4-5,8,10-11,15,21H,3,6-7,9H2,1-2H3. The van der Waals surface area contributed by atoms with Gasteiger partial charge in [0, 0.05) is 12.6 Å². The number of benzene rings is 1. The first-order valence-corrected chi connectivity index (χ1v) is 7.36. The SMILES string of the molecule is CC1CCC(NCc2ccc(F)cc2C(F)(F)F)C(C)C1. The van der Waals surface area contributed by atoms with Crippen molar-refractivity contribution in [1.29, 1.82) is 0 Å². The molecule has 3 atom stereocenters. The van der Waals surface area contributed by atoms with E-state index in [0.29, 0.717) is 17.9 Å². The third-order valence-corrected chi connectivity index (χ3v) is 4.36. The summed E-state index contributed by atoms with van der Waals surface area (Å²) in [5.41, 5.74) is -0.776. The topological polar surface area (TPSA) is 12.0 Å². The van der Waals surface area contributed by atoms with Crippen LogP contribution >= 0.6 is 0 Å². The van der Waals surface area contributed by atoms with Gasteiger partial charge in [0.1, 0.15) is 5.82 Å². The van der Waals surface area contributed by atoms with E-state index in [0.717, 1.165) is 25.3 Å². The normalized spacial score (nSPS) is 26.9. The summed E-state index contributed by atoms with van der Waals surface area (Å²) in [4.78, 5) is 0. The van der Waals surface area contributed by atoms with Gasteiger partial charge < -0.3 is 5.32 Å². The van der Waals surface area contributed by atoms with Crippen molar-refractivity contribution in [3.05, 3.63) is 35.1 Å². The van der Waals surface area contributed by atoms with Crippen LogP contribution in [0.1, 0.15) is 44.2 Å². The highest BCUT2D eigenvalue weighted by molar-refractivity contribution is 5.30. The number of hydrogen-bond acceptors (Lipinski definition) is 1. The zero-order valence-corrected chi connectivity index (χ0v) is 12.3. The molecule has 1 aromatic carbocycles. The second-order valence-electron chi connectivity index (χ2n) is 6.18. The maximum absolute atomic E-state index is 13.1. The smallest absolute Gasteiger partial charge is 0.310 e. The first kappa shape index (κ1) is 16.3. The van der Waals surface area contributed by atoms with E-state index in [1.54, 1.807) is 0 Å². The molecule has 5 heteroatoms. The van der Waals surface area contributed by atoms with Gasteiger partial charge in [0.15, 0.2) is 0 Å². The fourth-order valence-electron chi connectivity index (χ4n) is 3.18. The van der Waals surface area contributed by atoms with Crippen molar-refractivity contribution < 1.29 is 17.6 Å². The Morgan fingerprint density at radius 1 is 1.19 bits per heavy atom. The number of nitrogens with one attached hydrogen (secondary N) is 1. The lowest BCUT2D eigenvalue weighted by Gasteiger charge is -2.33. The van der Waals surface area contributed by atoms with Gasteiger partial charge in [-0.1, -0.05) is 19.9 Å². The van der Waals surface area contributed by atoms with E-state index in [-0.39, 0.29) is 18.2 Å². The van der Waals surface area contributed by atoms with Crippen molar-refractivity contribution in [3.63, 3.8) is 0 Å². The predicted molar refractivity (Wildman–Crippen MR) is 74.2 cm³/mol. The molecule has 1 saturated carbocycles. The Bertz CT molecular complexity index is 484. The highest BCUT2D eigenvalue weighted by Gasteiger charge is 2.34. The zero-order chi connectivity index (χ0) is 15.6. The lowest BCUT2D eigenvalue weighted by molar-refractivity contribution is -0.138. The Hall–Kier alpha value is -1.10. The van der Waals surface area contributed by atoms with Gasteiger partial charge >= 0.3 is 6.18 Å². The van der Waals surface area contributed by atoms with Gasteiger partial charge in [-0.3, -0.25) is 0 Å². The van der Waals surface area contributed by atoms with E-state index >= 15 is 0 Å². The van der Waals surface area contributed by atoms with Crippen LogP contribution in [-0.4, -0.2) is 6.04 Å². The number of halogens is 4. The molecule has 0 heterocycles. The molecule has 21 heavy (non-hydrogen) atoms. The maximum atomic E-state index is 13.1. The lowest BCUT2D eigenvalue weighted by atomic mass is 9.80. The van der Waals surface area contributed by atoms with E-state index in [1.165, 1.54) is 6.07 Å². The molecule has 0 amide bonds. The summed E-state index contributed by atoms with van der Waals surface area (Å²) >= 11 is 0. The molecule has 0 spiro atoms. The average Bonchev–Trinajstić information content (AvgIpc) is 2.38. The third-order valence-electron chi connectivity index (χ3n) is 4.36. The number of rotatable bonds is 3. The van der Waals surface area contributed by atoms with E-state index in [4.69, 9.17) is 0 Å². The minimum absolute atomic E-state index is 0.106. The molecule has 1 N–H and O–H groups in total. The molecule has 2 rings (SSSR count). The summed E-state index contributed by atoms with van der Waals surface area (Å²) in [5, 5.41) is 3.22. The van der Waals surface area contributed by atoms with Crippen LogP contribution in [0.2, 0.25) is 0 Å². The van der Waals surface area contributed by atoms with Gasteiger partial charge in [0.25, 0.3) is 0 Å². The van der Waals surface area contributed by atoms with Gasteiger partial charge in [-0.25, -0.2) is 4.39 Å². The van der Waals surface area contributed by atoms with Crippen molar-refractivity contribution in [3.8, 4) is 0 Å². The van der Waals surface area contributed by atoms with E-state index in [9.17, 15) is 17.6 Å². The largest absolute Gasteiger partial charge is 0.416 e. The van der Waals surface area contributed by atoms with Crippen LogP contribution in [0.25, 0.3) is 0 Å². The second kappa shape index (κ2) is 6.34. The molecule has 0 bridgehead atoms. The highest BCUT2D eigenvalue weighted by Crippen LogP contribution is 2.33. The van der Waals surface area contributed by atoms with Crippen LogP contribution < -0.4 is 5.32 Å². The Kier molecular flexibility index (Phi) is 4.91. The molecular formula is C16H21F4N. The quantitative estimate of drug-likeness (QED) is 0.794. The maximum Gasteiger partial charge on any atom is 0.416 e. The van der Waals surface area contributed by atoms with Crippen molar-refractivity contribution in [2.24, 2.45) is 11.8 Å². The monoisotopic (exact) mass is 303 g/mol. The third kappa shape index (κ3) is 4.19. The van der Waals surface area contributed by atoms with Gasteiger partial charge in [-0.15, -0.1) is 0 Å². The fourth-order valence-corrected chi connectivity index (χ4v) is 3.18. The molecule has 1 aromatic rings. The van der Waals surface area contributed by atoms with Crippen LogP contribution in [0.3, 0.4) is 0 Å². The van der Waals surface area contributed by atoms with Crippen LogP contribution in [0, 0.1) is 17.7 Å². The van der Waals surface area contributed by atoms with Gasteiger partial charge in [0.2, 0.25) is 0 Å². The summed E-state index contributed by atoms with van der Waals surface area (Å²) in [6.45, 7) is 4.45. The van der Waals surface area contributed by atoms with E-state index < -0.39 is 17.6 Å². The van der Waals surface area contributed by atoms with Crippen molar-refractivity contribution in [1.82, 2.24) is 5.32 Å². The Morgan fingerprint density at radius 2 is 1.90 bits per heavy atom. The summed E-state index contributed by atoms with van der Waals surface area (Å²) in [6.07, 6.45) is -1.36. The molecule has 1 aliphatic carbocycles. The zero-order valence-electron chi connectivity index (χ0n) is 12.3. The molecule has 0 saturated heterocycles. The van der Waals surface area contributed by atoms with Gasteiger partial charge in [-0.2, -0.15) is 13.2 Å². The summed E-state index contributed by atoms with van der Waals surface area (Å²) in [5.74, 6) is 0.268. The van der Waals surface area contributed by atoms with Crippen molar-refractivity contribution in [2.45, 2.75) is 51.9 Å². The number of alkyl halides is 3. The van der Waals surface area contributed by atoms with Gasteiger partial charge in [0.05, 0.1) is 5.56 Å². The molecule has 1 aliphatic rings. The molecule has 1 nitrogen and oxygen atoms in total. The number of hydrogen-bond donors (Lipinski definition) is 1. The fraction of sp³-hybridized carbons (Fsp3) is 0.625. The Morgan fingerprint density at radius 3 is 2.52 bits per heavy atom. The molecular weight excluding hydrogens is 282 g/mol. The van der Waals surface area contributed by atoms with Gasteiger partial charge in [-0.05, 0) is 48.8 Å². The molecule has 118 valence electrons. The molecule has 0 aliphatic heterocycles. The first-order chi connectivity index (χ1) is 9.77. The van der Waals surface area contributed by atoms with Crippen LogP contribution in [0.4, 0.5) is 17.6 Å². The molecule has 0 radical (unpaired) electrons. The molecule has 0 aromatic heterocycles.